The van der Waals surface area contributed by atoms with Crippen molar-refractivity contribution in [3.63, 3.8) is 0 Å². The fraction of sp³-hybridized carbons (Fsp3) is 0.115. The molecular formula is C26H20ClIN2O5. The topological polar surface area (TPSA) is 84.9 Å². The highest BCUT2D eigenvalue weighted by molar-refractivity contribution is 14.1. The predicted molar refractivity (Wildman–Crippen MR) is 142 cm³/mol. The lowest BCUT2D eigenvalue weighted by Crippen LogP contribution is -2.54. The lowest BCUT2D eigenvalue weighted by atomic mass is 10.1. The Kier molecular flexibility index (Phi) is 7.42. The number of anilines is 1. The molecule has 0 aromatic heterocycles. The van der Waals surface area contributed by atoms with Crippen molar-refractivity contribution in [1.29, 1.82) is 0 Å². The van der Waals surface area contributed by atoms with Gasteiger partial charge in [-0.2, -0.15) is 0 Å². The number of methoxy groups -OCH3 is 1. The molecule has 0 spiro atoms. The summed E-state index contributed by atoms with van der Waals surface area (Å²) in [7, 11) is 1.51. The number of nitrogens with zero attached hydrogens (tertiary/aromatic N) is 1. The van der Waals surface area contributed by atoms with Crippen LogP contribution in [-0.2, 0) is 16.2 Å². The van der Waals surface area contributed by atoms with Crippen LogP contribution in [0.1, 0.15) is 16.7 Å². The van der Waals surface area contributed by atoms with E-state index in [1.165, 1.54) is 13.2 Å². The molecule has 1 saturated heterocycles. The number of hydrogen-bond acceptors (Lipinski definition) is 5. The SMILES string of the molecule is COc1cc(/C=C2\C(=O)NC(=O)N(c3cccc(Cl)c3C)C2=O)cc(I)c1OCc1ccccc1. The van der Waals surface area contributed by atoms with E-state index in [1.807, 2.05) is 30.3 Å². The number of imide groups is 2. The Bertz CT molecular complexity index is 1360. The van der Waals surface area contributed by atoms with Gasteiger partial charge < -0.3 is 9.47 Å². The Balaban J connectivity index is 1.67. The van der Waals surface area contributed by atoms with Gasteiger partial charge in [0.2, 0.25) is 0 Å². The molecule has 4 rings (SSSR count). The molecule has 0 atom stereocenters. The first-order valence-electron chi connectivity index (χ1n) is 10.5. The average Bonchev–Trinajstić information content (AvgIpc) is 2.84. The largest absolute Gasteiger partial charge is 0.493 e. The summed E-state index contributed by atoms with van der Waals surface area (Å²) in [5.74, 6) is -0.538. The zero-order valence-electron chi connectivity index (χ0n) is 18.8. The molecule has 35 heavy (non-hydrogen) atoms. The number of nitrogens with one attached hydrogen (secondary N) is 1. The molecule has 7 nitrogen and oxygen atoms in total. The summed E-state index contributed by atoms with van der Waals surface area (Å²) in [6.07, 6.45) is 1.42. The first kappa shape index (κ1) is 24.7. The van der Waals surface area contributed by atoms with Gasteiger partial charge in [-0.15, -0.1) is 0 Å². The first-order valence-corrected chi connectivity index (χ1v) is 12.0. The van der Waals surface area contributed by atoms with Crippen LogP contribution in [0.3, 0.4) is 0 Å². The maximum atomic E-state index is 13.3. The van der Waals surface area contributed by atoms with E-state index < -0.39 is 17.8 Å². The average molecular weight is 603 g/mol. The van der Waals surface area contributed by atoms with E-state index in [-0.39, 0.29) is 5.57 Å². The predicted octanol–water partition coefficient (Wildman–Crippen LogP) is 5.51. The molecule has 4 amide bonds. The Morgan fingerprint density at radius 3 is 2.51 bits per heavy atom. The molecule has 178 valence electrons. The summed E-state index contributed by atoms with van der Waals surface area (Å²) in [5.41, 5.74) is 2.19. The first-order chi connectivity index (χ1) is 16.8. The summed E-state index contributed by atoms with van der Waals surface area (Å²) in [6, 6.07) is 17.2. The number of carbonyl (C=O) groups excluding carboxylic acids is 3. The third kappa shape index (κ3) is 5.18. The van der Waals surface area contributed by atoms with Crippen molar-refractivity contribution in [1.82, 2.24) is 5.32 Å². The monoisotopic (exact) mass is 602 g/mol. The lowest BCUT2D eigenvalue weighted by molar-refractivity contribution is -0.122. The van der Waals surface area contributed by atoms with Crippen molar-refractivity contribution in [2.45, 2.75) is 13.5 Å². The van der Waals surface area contributed by atoms with Crippen LogP contribution in [0.2, 0.25) is 5.02 Å². The number of urea groups is 1. The highest BCUT2D eigenvalue weighted by atomic mass is 127. The Labute approximate surface area is 220 Å². The second-order valence-corrected chi connectivity index (χ2v) is 9.22. The van der Waals surface area contributed by atoms with Gasteiger partial charge in [-0.25, -0.2) is 9.69 Å². The molecule has 1 fully saturated rings. The number of amides is 4. The number of hydrogen-bond donors (Lipinski definition) is 1. The van der Waals surface area contributed by atoms with Crippen molar-refractivity contribution in [2.24, 2.45) is 0 Å². The number of ether oxygens (including phenoxy) is 2. The van der Waals surface area contributed by atoms with Crippen molar-refractivity contribution in [3.8, 4) is 11.5 Å². The number of rotatable bonds is 6. The minimum Gasteiger partial charge on any atom is -0.493 e. The molecule has 0 bridgehead atoms. The highest BCUT2D eigenvalue weighted by Crippen LogP contribution is 2.36. The molecule has 1 heterocycles. The van der Waals surface area contributed by atoms with Crippen LogP contribution in [-0.4, -0.2) is 25.0 Å². The van der Waals surface area contributed by atoms with Crippen LogP contribution in [0.25, 0.3) is 6.08 Å². The van der Waals surface area contributed by atoms with Crippen LogP contribution < -0.4 is 19.7 Å². The lowest BCUT2D eigenvalue weighted by Gasteiger charge is -2.27. The van der Waals surface area contributed by atoms with Gasteiger partial charge in [0.25, 0.3) is 11.8 Å². The standard InChI is InChI=1S/C26H20ClIN2O5/c1-15-19(27)9-6-10-21(15)30-25(32)18(24(31)29-26(30)33)11-17-12-20(28)23(22(13-17)34-2)35-14-16-7-4-3-5-8-16/h3-13H,14H2,1-2H3,(H,29,31,33)/b18-11+. The molecule has 9 heteroatoms. The Hall–Kier alpha value is -3.37. The molecule has 0 saturated carbocycles. The van der Waals surface area contributed by atoms with E-state index in [4.69, 9.17) is 21.1 Å². The van der Waals surface area contributed by atoms with Gasteiger partial charge in [0, 0.05) is 5.02 Å². The van der Waals surface area contributed by atoms with E-state index in [1.54, 1.807) is 37.3 Å². The van der Waals surface area contributed by atoms with Crippen LogP contribution in [0.5, 0.6) is 11.5 Å². The molecule has 0 aliphatic carbocycles. The van der Waals surface area contributed by atoms with E-state index >= 15 is 0 Å². The molecule has 1 aliphatic rings. The zero-order chi connectivity index (χ0) is 25.1. The minimum atomic E-state index is -0.834. The maximum Gasteiger partial charge on any atom is 0.335 e. The molecular weight excluding hydrogens is 583 g/mol. The molecule has 1 N–H and O–H groups in total. The Morgan fingerprint density at radius 2 is 1.80 bits per heavy atom. The Morgan fingerprint density at radius 1 is 1.06 bits per heavy atom. The second-order valence-electron chi connectivity index (χ2n) is 7.65. The van der Waals surface area contributed by atoms with Crippen molar-refractivity contribution >= 4 is 63.8 Å². The molecule has 1 aliphatic heterocycles. The quantitative estimate of drug-likeness (QED) is 0.229. The van der Waals surface area contributed by atoms with E-state index in [0.717, 1.165) is 14.0 Å². The van der Waals surface area contributed by atoms with Gasteiger partial charge in [0.1, 0.15) is 12.2 Å². The maximum absolute atomic E-state index is 13.3. The van der Waals surface area contributed by atoms with Crippen LogP contribution in [0.4, 0.5) is 10.5 Å². The summed E-state index contributed by atoms with van der Waals surface area (Å²) in [6.45, 7) is 2.05. The van der Waals surface area contributed by atoms with Crippen molar-refractivity contribution < 1.29 is 23.9 Å². The van der Waals surface area contributed by atoms with E-state index in [2.05, 4.69) is 27.9 Å². The van der Waals surface area contributed by atoms with Crippen LogP contribution in [0, 0.1) is 10.5 Å². The fourth-order valence-electron chi connectivity index (χ4n) is 3.57. The number of barbiturate groups is 1. The molecule has 3 aromatic carbocycles. The smallest absolute Gasteiger partial charge is 0.335 e. The highest BCUT2D eigenvalue weighted by Gasteiger charge is 2.37. The number of halogens is 2. The van der Waals surface area contributed by atoms with Gasteiger partial charge in [-0.1, -0.05) is 48.0 Å². The molecule has 0 unspecified atom stereocenters. The second kappa shape index (κ2) is 10.5. The molecule has 3 aromatic rings. The third-order valence-electron chi connectivity index (χ3n) is 5.37. The van der Waals surface area contributed by atoms with Crippen LogP contribution in [0.15, 0.2) is 66.2 Å². The zero-order valence-corrected chi connectivity index (χ0v) is 21.7. The molecule has 0 radical (unpaired) electrons. The van der Waals surface area contributed by atoms with Gasteiger partial charge >= 0.3 is 6.03 Å². The summed E-state index contributed by atoms with van der Waals surface area (Å²) >= 11 is 8.28. The van der Waals surface area contributed by atoms with Gasteiger partial charge in [0.05, 0.1) is 16.4 Å². The third-order valence-corrected chi connectivity index (χ3v) is 6.58. The summed E-state index contributed by atoms with van der Waals surface area (Å²) in [4.78, 5) is 39.3. The van der Waals surface area contributed by atoms with Gasteiger partial charge in [0.15, 0.2) is 11.5 Å². The number of carbonyl (C=O) groups is 3. The summed E-state index contributed by atoms with van der Waals surface area (Å²) < 4.78 is 12.2. The van der Waals surface area contributed by atoms with E-state index in [0.29, 0.717) is 39.9 Å². The minimum absolute atomic E-state index is 0.195. The fourth-order valence-corrected chi connectivity index (χ4v) is 4.52. The van der Waals surface area contributed by atoms with Crippen molar-refractivity contribution in [3.05, 3.63) is 91.5 Å². The van der Waals surface area contributed by atoms with Gasteiger partial charge in [-0.05, 0) is 76.5 Å². The van der Waals surface area contributed by atoms with Crippen LogP contribution >= 0.6 is 34.2 Å². The van der Waals surface area contributed by atoms with Crippen molar-refractivity contribution in [2.75, 3.05) is 12.0 Å². The number of benzene rings is 3. The van der Waals surface area contributed by atoms with Gasteiger partial charge in [-0.3, -0.25) is 14.9 Å². The van der Waals surface area contributed by atoms with E-state index in [9.17, 15) is 14.4 Å². The summed E-state index contributed by atoms with van der Waals surface area (Å²) in [5, 5.41) is 2.63. The normalized spacial score (nSPS) is 14.8.